The first-order valence-electron chi connectivity index (χ1n) is 12.4. The zero-order valence-electron chi connectivity index (χ0n) is 21.1. The van der Waals surface area contributed by atoms with E-state index in [1.165, 1.54) is 13.8 Å². The maximum atomic E-state index is 15.5. The number of halogens is 3. The fraction of sp³-hybridized carbons (Fsp3) is 0.226. The Labute approximate surface area is 219 Å². The molecule has 7 heteroatoms. The van der Waals surface area contributed by atoms with E-state index in [-0.39, 0.29) is 17.7 Å². The minimum Gasteiger partial charge on any atom is -0.478 e. The molecular formula is C31H27F3N2O2. The summed E-state index contributed by atoms with van der Waals surface area (Å²) in [6.45, 7) is 3.32. The molecule has 3 aromatic carbocycles. The van der Waals surface area contributed by atoms with Gasteiger partial charge in [-0.25, -0.2) is 18.0 Å². The molecule has 1 aliphatic rings. The van der Waals surface area contributed by atoms with Crippen LogP contribution >= 0.6 is 0 Å². The number of fused-ring (bicyclic) bond motifs is 2. The molecule has 1 N–H and O–H groups in total. The van der Waals surface area contributed by atoms with E-state index in [0.29, 0.717) is 13.0 Å². The lowest BCUT2D eigenvalue weighted by Crippen LogP contribution is -2.43. The van der Waals surface area contributed by atoms with Gasteiger partial charge in [-0.15, -0.1) is 0 Å². The van der Waals surface area contributed by atoms with Gasteiger partial charge in [0.05, 0.1) is 11.6 Å². The second kappa shape index (κ2) is 10.1. The number of nitrogens with zero attached hydrogens (tertiary/aromatic N) is 2. The second-order valence-electron chi connectivity index (χ2n) is 10.2. The van der Waals surface area contributed by atoms with Gasteiger partial charge in [-0.1, -0.05) is 30.3 Å². The van der Waals surface area contributed by atoms with Crippen molar-refractivity contribution in [2.75, 3.05) is 13.1 Å². The van der Waals surface area contributed by atoms with E-state index in [9.17, 15) is 9.18 Å². The monoisotopic (exact) mass is 516 g/mol. The number of pyridine rings is 1. The number of carbonyl (C=O) groups is 1. The van der Waals surface area contributed by atoms with Gasteiger partial charge in [0.2, 0.25) is 0 Å². The summed E-state index contributed by atoms with van der Waals surface area (Å²) >= 11 is 0. The molecule has 0 saturated carbocycles. The first-order chi connectivity index (χ1) is 18.1. The number of alkyl halides is 1. The normalized spacial score (nSPS) is 16.2. The van der Waals surface area contributed by atoms with Crippen LogP contribution in [0.2, 0.25) is 0 Å². The fourth-order valence-corrected chi connectivity index (χ4v) is 5.23. The largest absolute Gasteiger partial charge is 0.478 e. The van der Waals surface area contributed by atoms with Crippen molar-refractivity contribution in [1.82, 2.24) is 9.88 Å². The van der Waals surface area contributed by atoms with Crippen molar-refractivity contribution in [3.8, 4) is 11.1 Å². The van der Waals surface area contributed by atoms with Gasteiger partial charge in [-0.2, -0.15) is 0 Å². The molecule has 0 amide bonds. The molecule has 0 saturated heterocycles. The summed E-state index contributed by atoms with van der Waals surface area (Å²) in [7, 11) is 0. The predicted molar refractivity (Wildman–Crippen MR) is 143 cm³/mol. The van der Waals surface area contributed by atoms with Crippen LogP contribution in [-0.4, -0.2) is 39.7 Å². The van der Waals surface area contributed by atoms with Gasteiger partial charge in [0.1, 0.15) is 17.3 Å². The van der Waals surface area contributed by atoms with Crippen molar-refractivity contribution in [2.45, 2.75) is 32.0 Å². The van der Waals surface area contributed by atoms with Gasteiger partial charge in [0, 0.05) is 36.3 Å². The Morgan fingerprint density at radius 3 is 2.50 bits per heavy atom. The minimum atomic E-state index is -1.58. The molecule has 4 aromatic rings. The van der Waals surface area contributed by atoms with E-state index >= 15 is 8.78 Å². The topological polar surface area (TPSA) is 53.4 Å². The highest BCUT2D eigenvalue weighted by Gasteiger charge is 2.36. The summed E-state index contributed by atoms with van der Waals surface area (Å²) in [6, 6.07) is 17.1. The third-order valence-corrected chi connectivity index (χ3v) is 6.78. The van der Waals surface area contributed by atoms with Crippen LogP contribution in [-0.2, 0) is 11.2 Å². The highest BCUT2D eigenvalue weighted by Crippen LogP contribution is 2.40. The van der Waals surface area contributed by atoms with Crippen LogP contribution in [0.4, 0.5) is 13.2 Å². The van der Waals surface area contributed by atoms with E-state index in [1.54, 1.807) is 11.1 Å². The van der Waals surface area contributed by atoms with Gasteiger partial charge < -0.3 is 5.11 Å². The summed E-state index contributed by atoms with van der Waals surface area (Å²) < 4.78 is 45.7. The lowest BCUT2D eigenvalue weighted by atomic mass is 9.85. The molecule has 194 valence electrons. The van der Waals surface area contributed by atoms with Crippen LogP contribution in [0.5, 0.6) is 0 Å². The molecule has 2 heterocycles. The van der Waals surface area contributed by atoms with Crippen LogP contribution in [0, 0.1) is 11.6 Å². The summed E-state index contributed by atoms with van der Waals surface area (Å²) in [5.74, 6) is -2.83. The molecule has 38 heavy (non-hydrogen) atoms. The van der Waals surface area contributed by atoms with Gasteiger partial charge in [0.15, 0.2) is 0 Å². The van der Waals surface area contributed by atoms with Crippen LogP contribution in [0.3, 0.4) is 0 Å². The highest BCUT2D eigenvalue weighted by molar-refractivity contribution is 5.85. The SMILES string of the molecule is CC(C)(F)CN1CCc2cc(-c3ccc4ncccc4c3)ccc2[C@H]1c1c(F)cc(/C=C/C(=O)O)cc1F. The third kappa shape index (κ3) is 5.34. The first-order valence-corrected chi connectivity index (χ1v) is 12.4. The van der Waals surface area contributed by atoms with E-state index in [4.69, 9.17) is 5.11 Å². The summed E-state index contributed by atoms with van der Waals surface area (Å²) in [4.78, 5) is 17.0. The maximum Gasteiger partial charge on any atom is 0.328 e. The molecule has 0 spiro atoms. The van der Waals surface area contributed by atoms with Crippen molar-refractivity contribution in [1.29, 1.82) is 0 Å². The van der Waals surface area contributed by atoms with E-state index in [0.717, 1.165) is 57.4 Å². The number of aromatic nitrogens is 1. The average Bonchev–Trinajstić information content (AvgIpc) is 2.86. The summed E-state index contributed by atoms with van der Waals surface area (Å²) in [5.41, 5.74) is 2.89. The predicted octanol–water partition coefficient (Wildman–Crippen LogP) is 6.97. The Morgan fingerprint density at radius 1 is 1.08 bits per heavy atom. The smallest absolute Gasteiger partial charge is 0.328 e. The average molecular weight is 517 g/mol. The van der Waals surface area contributed by atoms with Gasteiger partial charge >= 0.3 is 5.97 Å². The lowest BCUT2D eigenvalue weighted by molar-refractivity contribution is -0.131. The molecule has 1 aliphatic heterocycles. The number of carboxylic acid groups (broad SMARTS) is 1. The van der Waals surface area contributed by atoms with Crippen molar-refractivity contribution < 1.29 is 23.1 Å². The third-order valence-electron chi connectivity index (χ3n) is 6.78. The number of rotatable bonds is 6. The van der Waals surface area contributed by atoms with E-state index in [1.807, 2.05) is 42.5 Å². The quantitative estimate of drug-likeness (QED) is 0.281. The molecule has 0 unspecified atom stereocenters. The number of hydrogen-bond acceptors (Lipinski definition) is 3. The molecule has 4 nitrogen and oxygen atoms in total. The van der Waals surface area contributed by atoms with Crippen LogP contribution in [0.1, 0.15) is 42.1 Å². The first kappa shape index (κ1) is 25.7. The molecule has 5 rings (SSSR count). The number of hydrogen-bond donors (Lipinski definition) is 1. The molecule has 0 bridgehead atoms. The van der Waals surface area contributed by atoms with Crippen molar-refractivity contribution >= 4 is 22.9 Å². The Bertz CT molecular complexity index is 1540. The maximum absolute atomic E-state index is 15.5. The Morgan fingerprint density at radius 2 is 1.79 bits per heavy atom. The molecule has 1 aromatic heterocycles. The highest BCUT2D eigenvalue weighted by atomic mass is 19.1. The second-order valence-corrected chi connectivity index (χ2v) is 10.2. The minimum absolute atomic E-state index is 0.00389. The number of benzene rings is 3. The number of carboxylic acids is 1. The molecule has 1 atom stereocenters. The standard InChI is InChI=1S/C31H27F3N2O2/c1-31(2,34)18-36-13-11-22-16-20(21-7-9-27-23(17-21)4-3-12-35-27)6-8-24(22)30(36)29-25(32)14-19(15-26(29)33)5-10-28(37)38/h3-10,12,14-17,30H,11,13,18H2,1-2H3,(H,37,38)/b10-5+/t30-/m0/s1. The van der Waals surface area contributed by atoms with Gasteiger partial charge in [-0.3, -0.25) is 9.88 Å². The Hall–Kier alpha value is -3.97. The number of aliphatic carboxylic acids is 1. The lowest BCUT2D eigenvalue weighted by Gasteiger charge is -2.40. The zero-order valence-corrected chi connectivity index (χ0v) is 21.1. The Kier molecular flexibility index (Phi) is 6.80. The van der Waals surface area contributed by atoms with Gasteiger partial charge in [0.25, 0.3) is 0 Å². The van der Waals surface area contributed by atoms with Crippen molar-refractivity contribution in [3.05, 3.63) is 107 Å². The summed E-state index contributed by atoms with van der Waals surface area (Å²) in [5, 5.41) is 9.87. The molecule has 0 radical (unpaired) electrons. The molecular weight excluding hydrogens is 489 g/mol. The van der Waals surface area contributed by atoms with Crippen LogP contribution < -0.4 is 0 Å². The molecule has 0 fully saturated rings. The van der Waals surface area contributed by atoms with Crippen LogP contribution in [0.25, 0.3) is 28.1 Å². The van der Waals surface area contributed by atoms with E-state index < -0.39 is 29.3 Å². The summed E-state index contributed by atoms with van der Waals surface area (Å²) in [6.07, 6.45) is 4.32. The Balaban J connectivity index is 1.59. The van der Waals surface area contributed by atoms with Crippen molar-refractivity contribution in [2.24, 2.45) is 0 Å². The van der Waals surface area contributed by atoms with Crippen molar-refractivity contribution in [3.63, 3.8) is 0 Å². The fourth-order valence-electron chi connectivity index (χ4n) is 5.23. The molecule has 0 aliphatic carbocycles. The van der Waals surface area contributed by atoms with Crippen LogP contribution in [0.15, 0.2) is 72.9 Å². The van der Waals surface area contributed by atoms with E-state index in [2.05, 4.69) is 11.1 Å². The zero-order chi connectivity index (χ0) is 27.0. The van der Waals surface area contributed by atoms with Gasteiger partial charge in [-0.05, 0) is 84.5 Å².